The van der Waals surface area contributed by atoms with Crippen LogP contribution in [0.3, 0.4) is 0 Å². The van der Waals surface area contributed by atoms with E-state index in [9.17, 15) is 18.0 Å². The second kappa shape index (κ2) is 14.7. The van der Waals surface area contributed by atoms with Crippen LogP contribution in [0.1, 0.15) is 29.2 Å². The van der Waals surface area contributed by atoms with Crippen LogP contribution in [0.4, 0.5) is 5.69 Å². The van der Waals surface area contributed by atoms with Gasteiger partial charge in [-0.3, -0.25) is 13.9 Å². The van der Waals surface area contributed by atoms with Crippen LogP contribution in [0, 0.1) is 13.8 Å². The molecule has 0 saturated carbocycles. The van der Waals surface area contributed by atoms with Crippen LogP contribution in [-0.2, 0) is 32.6 Å². The van der Waals surface area contributed by atoms with E-state index < -0.39 is 28.5 Å². The van der Waals surface area contributed by atoms with Gasteiger partial charge >= 0.3 is 0 Å². The molecule has 0 unspecified atom stereocenters. The van der Waals surface area contributed by atoms with Crippen molar-refractivity contribution in [3.63, 3.8) is 0 Å². The van der Waals surface area contributed by atoms with Gasteiger partial charge in [0, 0.05) is 19.5 Å². The Morgan fingerprint density at radius 3 is 1.95 bits per heavy atom. The van der Waals surface area contributed by atoms with E-state index in [-0.39, 0.29) is 23.8 Å². The number of aryl methyl sites for hydroxylation is 2. The van der Waals surface area contributed by atoms with Crippen molar-refractivity contribution in [2.24, 2.45) is 0 Å². The lowest BCUT2D eigenvalue weighted by Gasteiger charge is -2.34. The molecule has 0 aromatic heterocycles. The van der Waals surface area contributed by atoms with Gasteiger partial charge in [0.05, 0.1) is 17.7 Å². The van der Waals surface area contributed by atoms with E-state index in [1.54, 1.807) is 36.4 Å². The first-order chi connectivity index (χ1) is 21.1. The zero-order valence-electron chi connectivity index (χ0n) is 25.6. The Morgan fingerprint density at radius 2 is 1.39 bits per heavy atom. The van der Waals surface area contributed by atoms with Gasteiger partial charge in [0.2, 0.25) is 11.8 Å². The summed E-state index contributed by atoms with van der Waals surface area (Å²) in [7, 11) is -2.68. The molecule has 4 rings (SSSR count). The van der Waals surface area contributed by atoms with Crippen LogP contribution in [0.5, 0.6) is 5.75 Å². The van der Waals surface area contributed by atoms with Gasteiger partial charge < -0.3 is 15.0 Å². The van der Waals surface area contributed by atoms with E-state index in [1.807, 2.05) is 75.4 Å². The first-order valence-corrected chi connectivity index (χ1v) is 16.0. The van der Waals surface area contributed by atoms with Gasteiger partial charge in [-0.15, -0.1) is 0 Å². The smallest absolute Gasteiger partial charge is 0.264 e. The molecule has 0 heterocycles. The number of hydrogen-bond acceptors (Lipinski definition) is 5. The van der Waals surface area contributed by atoms with Crippen LogP contribution in [0.15, 0.2) is 108 Å². The van der Waals surface area contributed by atoms with Crippen molar-refractivity contribution >= 4 is 27.5 Å². The van der Waals surface area contributed by atoms with Gasteiger partial charge in [0.1, 0.15) is 18.3 Å². The van der Waals surface area contributed by atoms with Gasteiger partial charge in [-0.2, -0.15) is 0 Å². The minimum Gasteiger partial charge on any atom is -0.497 e. The summed E-state index contributed by atoms with van der Waals surface area (Å²) in [6.07, 6.45) is 0.264. The van der Waals surface area contributed by atoms with Crippen molar-refractivity contribution in [1.82, 2.24) is 10.2 Å². The van der Waals surface area contributed by atoms with Crippen molar-refractivity contribution in [1.29, 1.82) is 0 Å². The molecule has 1 atom stereocenters. The largest absolute Gasteiger partial charge is 0.497 e. The summed E-state index contributed by atoms with van der Waals surface area (Å²) in [4.78, 5) is 29.5. The molecule has 0 aliphatic rings. The highest BCUT2D eigenvalue weighted by Gasteiger charge is 2.34. The Hall–Kier alpha value is -4.63. The topological polar surface area (TPSA) is 96.0 Å². The molecule has 4 aromatic carbocycles. The van der Waals surface area contributed by atoms with Crippen LogP contribution in [-0.4, -0.2) is 51.4 Å². The number of likely N-dealkylation sites (N-methyl/N-ethyl adjacent to an activating group) is 1. The highest BCUT2D eigenvalue weighted by Crippen LogP contribution is 2.27. The highest BCUT2D eigenvalue weighted by atomic mass is 32.2. The summed E-state index contributed by atoms with van der Waals surface area (Å²) in [6.45, 7) is 5.71. The van der Waals surface area contributed by atoms with E-state index in [1.165, 1.54) is 24.1 Å². The molecule has 0 spiro atoms. The maximum Gasteiger partial charge on any atom is 0.264 e. The minimum absolute atomic E-state index is 0.0151. The van der Waals surface area contributed by atoms with Crippen molar-refractivity contribution in [2.45, 2.75) is 44.7 Å². The monoisotopic (exact) mass is 613 g/mol. The summed E-state index contributed by atoms with van der Waals surface area (Å²) < 4.78 is 34.5. The van der Waals surface area contributed by atoms with Crippen molar-refractivity contribution in [3.8, 4) is 5.75 Å². The molecule has 0 fully saturated rings. The van der Waals surface area contributed by atoms with E-state index >= 15 is 0 Å². The lowest BCUT2D eigenvalue weighted by molar-refractivity contribution is -0.140. The second-order valence-electron chi connectivity index (χ2n) is 10.6. The second-order valence-corrected chi connectivity index (χ2v) is 12.5. The summed E-state index contributed by atoms with van der Waals surface area (Å²) in [5, 5.41) is 2.88. The molecule has 2 amide bonds. The predicted molar refractivity (Wildman–Crippen MR) is 173 cm³/mol. The first-order valence-electron chi connectivity index (χ1n) is 14.5. The van der Waals surface area contributed by atoms with Crippen LogP contribution < -0.4 is 14.4 Å². The standard InChI is InChI=1S/C35H39N3O5S/c1-5-36-35(40)33(23-28-9-7-6-8-10-28)37(24-29-15-11-26(2)12-16-29)34(39)25-38(30-17-13-27(3)14-18-30)44(41,42)32-21-19-31(43-4)20-22-32/h6-22,33H,5,23-25H2,1-4H3,(H,36,40)/t33-/m1/s1. The molecule has 8 nitrogen and oxygen atoms in total. The van der Waals surface area contributed by atoms with Crippen LogP contribution >= 0.6 is 0 Å². The van der Waals surface area contributed by atoms with Crippen molar-refractivity contribution in [2.75, 3.05) is 24.5 Å². The minimum atomic E-state index is -4.18. The highest BCUT2D eigenvalue weighted by molar-refractivity contribution is 7.92. The third-order valence-electron chi connectivity index (χ3n) is 7.34. The Balaban J connectivity index is 1.78. The van der Waals surface area contributed by atoms with E-state index in [4.69, 9.17) is 4.74 Å². The SMILES string of the molecule is CCNC(=O)[C@@H](Cc1ccccc1)N(Cc1ccc(C)cc1)C(=O)CN(c1ccc(C)cc1)S(=O)(=O)c1ccc(OC)cc1. The predicted octanol–water partition coefficient (Wildman–Crippen LogP) is 5.28. The van der Waals surface area contributed by atoms with Crippen LogP contribution in [0.25, 0.3) is 0 Å². The van der Waals surface area contributed by atoms with Crippen molar-refractivity contribution in [3.05, 3.63) is 125 Å². The normalized spacial score (nSPS) is 11.8. The van der Waals surface area contributed by atoms with Gasteiger partial charge in [-0.25, -0.2) is 8.42 Å². The number of anilines is 1. The third kappa shape index (κ3) is 8.05. The quantitative estimate of drug-likeness (QED) is 0.221. The molecule has 0 aliphatic carbocycles. The van der Waals surface area contributed by atoms with Gasteiger partial charge in [0.15, 0.2) is 0 Å². The number of sulfonamides is 1. The number of hydrogen-bond donors (Lipinski definition) is 1. The number of ether oxygens (including phenoxy) is 1. The summed E-state index contributed by atoms with van der Waals surface area (Å²) in [5.74, 6) is -0.302. The first kappa shape index (κ1) is 32.3. The molecule has 0 radical (unpaired) electrons. The molecule has 1 N–H and O–H groups in total. The maximum absolute atomic E-state index is 14.4. The van der Waals surface area contributed by atoms with Gasteiger partial charge in [-0.1, -0.05) is 77.9 Å². The van der Waals surface area contributed by atoms with Gasteiger partial charge in [-0.05, 0) is 68.3 Å². The zero-order valence-corrected chi connectivity index (χ0v) is 26.4. The van der Waals surface area contributed by atoms with E-state index in [0.29, 0.717) is 18.0 Å². The number of methoxy groups -OCH3 is 1. The number of nitrogens with one attached hydrogen (secondary N) is 1. The number of nitrogens with zero attached hydrogens (tertiary/aromatic N) is 2. The fourth-order valence-corrected chi connectivity index (χ4v) is 6.27. The Kier molecular flexibility index (Phi) is 10.8. The maximum atomic E-state index is 14.4. The fourth-order valence-electron chi connectivity index (χ4n) is 4.85. The summed E-state index contributed by atoms with van der Waals surface area (Å²) in [6, 6.07) is 29.3. The molecular formula is C35H39N3O5S. The fraction of sp³-hybridized carbons (Fsp3) is 0.257. The lowest BCUT2D eigenvalue weighted by Crippen LogP contribution is -2.53. The summed E-state index contributed by atoms with van der Waals surface area (Å²) >= 11 is 0. The van der Waals surface area contributed by atoms with Crippen molar-refractivity contribution < 1.29 is 22.7 Å². The van der Waals surface area contributed by atoms with E-state index in [0.717, 1.165) is 26.6 Å². The third-order valence-corrected chi connectivity index (χ3v) is 9.13. The molecule has 0 saturated heterocycles. The van der Waals surface area contributed by atoms with Gasteiger partial charge in [0.25, 0.3) is 10.0 Å². The Labute approximate surface area is 260 Å². The molecule has 44 heavy (non-hydrogen) atoms. The Morgan fingerprint density at radius 1 is 0.795 bits per heavy atom. The lowest BCUT2D eigenvalue weighted by atomic mass is 10.0. The average molecular weight is 614 g/mol. The molecule has 0 aliphatic heterocycles. The zero-order chi connectivity index (χ0) is 31.7. The Bertz CT molecular complexity index is 1640. The molecule has 0 bridgehead atoms. The number of rotatable bonds is 13. The molecule has 4 aromatic rings. The number of carbonyl (C=O) groups excluding carboxylic acids is 2. The average Bonchev–Trinajstić information content (AvgIpc) is 3.03. The molecule has 9 heteroatoms. The number of carbonyl (C=O) groups is 2. The number of benzene rings is 4. The molecule has 230 valence electrons. The number of amides is 2. The summed E-state index contributed by atoms with van der Waals surface area (Å²) in [5.41, 5.74) is 4.06. The molecular weight excluding hydrogens is 574 g/mol. The van der Waals surface area contributed by atoms with Crippen LogP contribution in [0.2, 0.25) is 0 Å². The van der Waals surface area contributed by atoms with E-state index in [2.05, 4.69) is 5.32 Å².